The van der Waals surface area contributed by atoms with Crippen molar-refractivity contribution in [2.24, 2.45) is 5.92 Å². The van der Waals surface area contributed by atoms with Crippen LogP contribution in [0.2, 0.25) is 0 Å². The van der Waals surface area contributed by atoms with Gasteiger partial charge in [-0.05, 0) is 58.1 Å². The minimum atomic E-state index is -3.47. The van der Waals surface area contributed by atoms with Crippen molar-refractivity contribution >= 4 is 37.7 Å². The van der Waals surface area contributed by atoms with Gasteiger partial charge >= 0.3 is 0 Å². The van der Waals surface area contributed by atoms with Gasteiger partial charge in [0.25, 0.3) is 0 Å². The van der Waals surface area contributed by atoms with E-state index in [1.54, 1.807) is 17.8 Å². The fourth-order valence-electron chi connectivity index (χ4n) is 1.81. The number of nitrogens with one attached hydrogen (secondary N) is 2. The van der Waals surface area contributed by atoms with Crippen LogP contribution in [0.15, 0.2) is 27.6 Å². The van der Waals surface area contributed by atoms with Crippen LogP contribution in [0.1, 0.15) is 19.4 Å². The van der Waals surface area contributed by atoms with Crippen LogP contribution < -0.4 is 10.0 Å². The smallest absolute Gasteiger partial charge is 0.241 e. The zero-order valence-electron chi connectivity index (χ0n) is 12.6. The highest BCUT2D eigenvalue weighted by molar-refractivity contribution is 9.10. The maximum absolute atomic E-state index is 12.3. The van der Waals surface area contributed by atoms with E-state index < -0.39 is 10.0 Å². The van der Waals surface area contributed by atoms with Gasteiger partial charge in [-0.15, -0.1) is 0 Å². The minimum absolute atomic E-state index is 0.291. The summed E-state index contributed by atoms with van der Waals surface area (Å²) >= 11 is 5.08. The van der Waals surface area contributed by atoms with Crippen LogP contribution in [0.5, 0.6) is 0 Å². The summed E-state index contributed by atoms with van der Waals surface area (Å²) in [6.07, 6.45) is 2.02. The third-order valence-electron chi connectivity index (χ3n) is 2.94. The molecule has 1 atom stereocenters. The fourth-order valence-corrected chi connectivity index (χ4v) is 4.79. The fraction of sp³-hybridized carbons (Fsp3) is 0.571. The standard InChI is InChI=1S/C14H23BrN2O2S2/c1-4-16-9-12-5-6-14(13(15)7-12)21(18,19)17-8-11(2)10-20-3/h5-7,11,16-17H,4,8-10H2,1-3H3. The van der Waals surface area contributed by atoms with Gasteiger partial charge in [0.2, 0.25) is 10.0 Å². The summed E-state index contributed by atoms with van der Waals surface area (Å²) in [6, 6.07) is 5.34. The Morgan fingerprint density at radius 2 is 2.10 bits per heavy atom. The topological polar surface area (TPSA) is 58.2 Å². The number of hydrogen-bond acceptors (Lipinski definition) is 4. The van der Waals surface area contributed by atoms with Crippen molar-refractivity contribution in [2.45, 2.75) is 25.3 Å². The monoisotopic (exact) mass is 394 g/mol. The van der Waals surface area contributed by atoms with Crippen molar-refractivity contribution < 1.29 is 8.42 Å². The third-order valence-corrected chi connectivity index (χ3v) is 6.24. The molecular weight excluding hydrogens is 372 g/mol. The second-order valence-electron chi connectivity index (χ2n) is 4.96. The molecule has 0 heterocycles. The molecule has 0 saturated heterocycles. The second-order valence-corrected chi connectivity index (χ2v) is 8.46. The number of halogens is 1. The molecule has 0 aliphatic carbocycles. The van der Waals surface area contributed by atoms with Gasteiger partial charge in [-0.2, -0.15) is 11.8 Å². The highest BCUT2D eigenvalue weighted by Gasteiger charge is 2.18. The Kier molecular flexibility index (Phi) is 8.26. The SMILES string of the molecule is CCNCc1ccc(S(=O)(=O)NCC(C)CSC)c(Br)c1. The van der Waals surface area contributed by atoms with Gasteiger partial charge in [-0.25, -0.2) is 13.1 Å². The van der Waals surface area contributed by atoms with E-state index in [0.717, 1.165) is 24.4 Å². The predicted molar refractivity (Wildman–Crippen MR) is 94.3 cm³/mol. The Morgan fingerprint density at radius 1 is 1.38 bits per heavy atom. The lowest BCUT2D eigenvalue weighted by atomic mass is 10.2. The molecule has 4 nitrogen and oxygen atoms in total. The molecule has 1 aromatic rings. The molecule has 0 saturated carbocycles. The number of hydrogen-bond donors (Lipinski definition) is 2. The third kappa shape index (κ3) is 6.28. The van der Waals surface area contributed by atoms with Gasteiger partial charge in [-0.1, -0.05) is 19.9 Å². The van der Waals surface area contributed by atoms with Crippen LogP contribution in [0.3, 0.4) is 0 Å². The van der Waals surface area contributed by atoms with Crippen molar-refractivity contribution in [3.05, 3.63) is 28.2 Å². The molecule has 0 bridgehead atoms. The maximum Gasteiger partial charge on any atom is 0.241 e. The molecule has 0 radical (unpaired) electrons. The van der Waals surface area contributed by atoms with Gasteiger partial charge in [0, 0.05) is 17.6 Å². The first kappa shape index (κ1) is 19.0. The lowest BCUT2D eigenvalue weighted by Gasteiger charge is -2.13. The van der Waals surface area contributed by atoms with Crippen molar-refractivity contribution in [2.75, 3.05) is 25.1 Å². The summed E-state index contributed by atoms with van der Waals surface area (Å²) in [5.41, 5.74) is 1.05. The number of sulfonamides is 1. The summed E-state index contributed by atoms with van der Waals surface area (Å²) < 4.78 is 27.9. The second kappa shape index (κ2) is 9.15. The molecule has 0 aliphatic heterocycles. The van der Waals surface area contributed by atoms with E-state index in [9.17, 15) is 8.42 Å². The number of thioether (sulfide) groups is 1. The zero-order valence-corrected chi connectivity index (χ0v) is 15.9. The lowest BCUT2D eigenvalue weighted by Crippen LogP contribution is -2.29. The summed E-state index contributed by atoms with van der Waals surface area (Å²) in [5.74, 6) is 1.24. The molecule has 0 aliphatic rings. The normalized spacial score (nSPS) is 13.3. The van der Waals surface area contributed by atoms with E-state index in [2.05, 4.69) is 26.0 Å². The molecule has 120 valence electrons. The molecule has 21 heavy (non-hydrogen) atoms. The van der Waals surface area contributed by atoms with Gasteiger partial charge in [0.15, 0.2) is 0 Å². The minimum Gasteiger partial charge on any atom is -0.313 e. The average Bonchev–Trinajstić information content (AvgIpc) is 2.43. The van der Waals surface area contributed by atoms with Crippen molar-refractivity contribution in [3.63, 3.8) is 0 Å². The zero-order chi connectivity index (χ0) is 15.9. The summed E-state index contributed by atoms with van der Waals surface area (Å²) in [7, 11) is -3.47. The molecule has 1 unspecified atom stereocenters. The number of rotatable bonds is 9. The molecule has 1 aromatic carbocycles. The van der Waals surface area contributed by atoms with Gasteiger partial charge in [0.05, 0.1) is 4.90 Å². The van der Waals surface area contributed by atoms with Crippen LogP contribution in [-0.2, 0) is 16.6 Å². The molecule has 7 heteroatoms. The maximum atomic E-state index is 12.3. The first-order chi connectivity index (χ1) is 9.90. The Bertz CT molecular complexity index is 550. The van der Waals surface area contributed by atoms with E-state index in [1.807, 2.05) is 32.2 Å². The van der Waals surface area contributed by atoms with Crippen LogP contribution in [0.4, 0.5) is 0 Å². The van der Waals surface area contributed by atoms with Gasteiger partial charge in [0.1, 0.15) is 0 Å². The van der Waals surface area contributed by atoms with E-state index in [4.69, 9.17) is 0 Å². The largest absolute Gasteiger partial charge is 0.313 e. The molecule has 0 spiro atoms. The van der Waals surface area contributed by atoms with Crippen molar-refractivity contribution in [1.82, 2.24) is 10.0 Å². The Labute approximate surface area is 140 Å². The molecule has 2 N–H and O–H groups in total. The average molecular weight is 395 g/mol. The highest BCUT2D eigenvalue weighted by atomic mass is 79.9. The molecule has 0 amide bonds. The Morgan fingerprint density at radius 3 is 2.67 bits per heavy atom. The van der Waals surface area contributed by atoms with Crippen LogP contribution >= 0.6 is 27.7 Å². The van der Waals surface area contributed by atoms with E-state index in [0.29, 0.717) is 21.8 Å². The quantitative estimate of drug-likeness (QED) is 0.675. The number of benzene rings is 1. The lowest BCUT2D eigenvalue weighted by molar-refractivity contribution is 0.562. The van der Waals surface area contributed by atoms with E-state index in [-0.39, 0.29) is 0 Å². The predicted octanol–water partition coefficient (Wildman–Crippen LogP) is 2.84. The van der Waals surface area contributed by atoms with Crippen LogP contribution in [0, 0.1) is 5.92 Å². The Balaban J connectivity index is 2.78. The first-order valence-electron chi connectivity index (χ1n) is 6.88. The van der Waals surface area contributed by atoms with E-state index in [1.165, 1.54) is 0 Å². The molecule has 0 aromatic heterocycles. The van der Waals surface area contributed by atoms with Crippen molar-refractivity contribution in [1.29, 1.82) is 0 Å². The highest BCUT2D eigenvalue weighted by Crippen LogP contribution is 2.23. The Hall–Kier alpha value is -0.0800. The first-order valence-corrected chi connectivity index (χ1v) is 10.6. The summed E-state index contributed by atoms with van der Waals surface area (Å²) in [4.78, 5) is 0.291. The van der Waals surface area contributed by atoms with Crippen molar-refractivity contribution in [3.8, 4) is 0 Å². The molecular formula is C14H23BrN2O2S2. The molecule has 0 fully saturated rings. The van der Waals surface area contributed by atoms with Crippen LogP contribution in [0.25, 0.3) is 0 Å². The van der Waals surface area contributed by atoms with Gasteiger partial charge < -0.3 is 5.32 Å². The van der Waals surface area contributed by atoms with E-state index >= 15 is 0 Å². The molecule has 1 rings (SSSR count). The summed E-state index contributed by atoms with van der Waals surface area (Å²) in [6.45, 7) is 6.13. The van der Waals surface area contributed by atoms with Crippen LogP contribution in [-0.4, -0.2) is 33.5 Å². The van der Waals surface area contributed by atoms with Gasteiger partial charge in [-0.3, -0.25) is 0 Å². The summed E-state index contributed by atoms with van der Waals surface area (Å²) in [5, 5.41) is 3.22.